The van der Waals surface area contributed by atoms with Crippen LogP contribution in [0.5, 0.6) is 0 Å². The van der Waals surface area contributed by atoms with Crippen LogP contribution in [0, 0.1) is 13.8 Å². The minimum atomic E-state index is 0.0153. The van der Waals surface area contributed by atoms with E-state index >= 15 is 0 Å². The highest BCUT2D eigenvalue weighted by molar-refractivity contribution is 5.93. The highest BCUT2D eigenvalue weighted by Gasteiger charge is 2.23. The second kappa shape index (κ2) is 9.30. The number of aryl methyl sites for hydroxylation is 1. The topological polar surface area (TPSA) is 65.1 Å². The number of benzene rings is 1. The molecule has 0 atom stereocenters. The van der Waals surface area contributed by atoms with Gasteiger partial charge in [-0.1, -0.05) is 12.1 Å². The maximum absolute atomic E-state index is 12.4. The van der Waals surface area contributed by atoms with Gasteiger partial charge in [0.1, 0.15) is 0 Å². The summed E-state index contributed by atoms with van der Waals surface area (Å²) < 4.78 is 5.30. The lowest BCUT2D eigenvalue weighted by atomic mass is 10.1. The Morgan fingerprint density at radius 3 is 2.26 bits per heavy atom. The number of carbonyl (C=O) groups is 2. The summed E-state index contributed by atoms with van der Waals surface area (Å²) in [6.45, 7) is 10.8. The van der Waals surface area contributed by atoms with Crippen molar-refractivity contribution in [2.75, 3.05) is 70.9 Å². The van der Waals surface area contributed by atoms with Crippen molar-refractivity contribution in [3.8, 4) is 0 Å². The lowest BCUT2D eigenvalue weighted by Gasteiger charge is -2.35. The molecule has 1 N–H and O–H groups in total. The molecule has 2 aliphatic rings. The molecule has 0 bridgehead atoms. The van der Waals surface area contributed by atoms with E-state index in [1.807, 2.05) is 36.9 Å². The fourth-order valence-electron chi connectivity index (χ4n) is 3.49. The van der Waals surface area contributed by atoms with Crippen LogP contribution in [-0.2, 0) is 14.3 Å². The van der Waals surface area contributed by atoms with Crippen molar-refractivity contribution in [1.29, 1.82) is 0 Å². The van der Waals surface area contributed by atoms with Crippen molar-refractivity contribution in [3.05, 3.63) is 29.3 Å². The van der Waals surface area contributed by atoms with E-state index in [0.717, 1.165) is 37.4 Å². The minimum absolute atomic E-state index is 0.0153. The van der Waals surface area contributed by atoms with Crippen molar-refractivity contribution in [2.45, 2.75) is 13.8 Å². The van der Waals surface area contributed by atoms with Crippen molar-refractivity contribution in [2.24, 2.45) is 0 Å². The van der Waals surface area contributed by atoms with Gasteiger partial charge in [-0.2, -0.15) is 0 Å². The molecule has 2 aliphatic heterocycles. The summed E-state index contributed by atoms with van der Waals surface area (Å²) in [6.07, 6.45) is 0. The zero-order valence-corrected chi connectivity index (χ0v) is 16.4. The summed E-state index contributed by atoms with van der Waals surface area (Å²) in [6, 6.07) is 5.94. The van der Waals surface area contributed by atoms with Crippen molar-refractivity contribution in [3.63, 3.8) is 0 Å². The van der Waals surface area contributed by atoms with Crippen LogP contribution in [0.1, 0.15) is 11.1 Å². The van der Waals surface area contributed by atoms with Gasteiger partial charge in [-0.05, 0) is 31.0 Å². The summed E-state index contributed by atoms with van der Waals surface area (Å²) in [7, 11) is 0. The third-order valence-corrected chi connectivity index (χ3v) is 5.43. The van der Waals surface area contributed by atoms with E-state index in [-0.39, 0.29) is 11.8 Å². The summed E-state index contributed by atoms with van der Waals surface area (Å²) in [5, 5.41) is 3.02. The SMILES string of the molecule is Cc1cccc(NC(=O)CN2CCN(CC(=O)N3CCOCC3)CC2)c1C. The third-order valence-electron chi connectivity index (χ3n) is 5.43. The number of nitrogens with one attached hydrogen (secondary N) is 1. The lowest BCUT2D eigenvalue weighted by molar-refractivity contribution is -0.137. The van der Waals surface area contributed by atoms with Crippen molar-refractivity contribution in [1.82, 2.24) is 14.7 Å². The average Bonchev–Trinajstić information content (AvgIpc) is 2.67. The monoisotopic (exact) mass is 374 g/mol. The molecule has 0 spiro atoms. The first-order valence-electron chi connectivity index (χ1n) is 9.69. The van der Waals surface area contributed by atoms with E-state index in [9.17, 15) is 9.59 Å². The number of amides is 2. The van der Waals surface area contributed by atoms with Gasteiger partial charge in [0.15, 0.2) is 0 Å². The molecule has 1 aromatic rings. The van der Waals surface area contributed by atoms with Crippen LogP contribution in [0.2, 0.25) is 0 Å². The molecule has 0 radical (unpaired) electrons. The van der Waals surface area contributed by atoms with E-state index in [1.165, 1.54) is 5.56 Å². The van der Waals surface area contributed by atoms with Gasteiger partial charge in [-0.25, -0.2) is 0 Å². The Bertz CT molecular complexity index is 665. The second-order valence-electron chi connectivity index (χ2n) is 7.34. The number of nitrogens with zero attached hydrogens (tertiary/aromatic N) is 3. The first-order chi connectivity index (χ1) is 13.0. The number of morpholine rings is 1. The molecule has 0 aliphatic carbocycles. The molecule has 2 heterocycles. The van der Waals surface area contributed by atoms with Crippen LogP contribution in [-0.4, -0.2) is 92.1 Å². The molecular formula is C20H30N4O3. The van der Waals surface area contributed by atoms with Crippen LogP contribution < -0.4 is 5.32 Å². The first kappa shape index (κ1) is 19.8. The first-order valence-corrected chi connectivity index (χ1v) is 9.69. The summed E-state index contributed by atoms with van der Waals surface area (Å²) in [5.74, 6) is 0.195. The van der Waals surface area contributed by atoms with Gasteiger partial charge in [0.2, 0.25) is 11.8 Å². The molecule has 2 saturated heterocycles. The molecule has 2 fully saturated rings. The maximum atomic E-state index is 12.4. The predicted molar refractivity (Wildman–Crippen MR) is 105 cm³/mol. The highest BCUT2D eigenvalue weighted by atomic mass is 16.5. The molecule has 7 heteroatoms. The zero-order valence-electron chi connectivity index (χ0n) is 16.4. The Hall–Kier alpha value is -1.96. The number of piperazine rings is 1. The summed E-state index contributed by atoms with van der Waals surface area (Å²) in [4.78, 5) is 30.9. The van der Waals surface area contributed by atoms with E-state index in [2.05, 4.69) is 15.1 Å². The molecule has 0 aromatic heterocycles. The molecule has 2 amide bonds. The van der Waals surface area contributed by atoms with Gasteiger partial charge in [-0.3, -0.25) is 19.4 Å². The van der Waals surface area contributed by atoms with Gasteiger partial charge in [-0.15, -0.1) is 0 Å². The smallest absolute Gasteiger partial charge is 0.238 e. The van der Waals surface area contributed by atoms with E-state index in [4.69, 9.17) is 4.74 Å². The van der Waals surface area contributed by atoms with Crippen LogP contribution >= 0.6 is 0 Å². The largest absolute Gasteiger partial charge is 0.378 e. The lowest BCUT2D eigenvalue weighted by Crippen LogP contribution is -2.52. The summed E-state index contributed by atoms with van der Waals surface area (Å²) >= 11 is 0. The van der Waals surface area contributed by atoms with Crippen LogP contribution in [0.25, 0.3) is 0 Å². The van der Waals surface area contributed by atoms with Crippen LogP contribution in [0.4, 0.5) is 5.69 Å². The average molecular weight is 374 g/mol. The summed E-state index contributed by atoms with van der Waals surface area (Å²) in [5.41, 5.74) is 3.17. The standard InChI is InChI=1S/C20H30N4O3/c1-16-4-3-5-18(17(16)2)21-19(25)14-22-6-8-23(9-7-22)15-20(26)24-10-12-27-13-11-24/h3-5H,6-15H2,1-2H3,(H,21,25). The Labute approximate surface area is 161 Å². The van der Waals surface area contributed by atoms with Gasteiger partial charge in [0.05, 0.1) is 26.3 Å². The van der Waals surface area contributed by atoms with Crippen molar-refractivity contribution >= 4 is 17.5 Å². The van der Waals surface area contributed by atoms with E-state index in [0.29, 0.717) is 39.4 Å². The molecule has 7 nitrogen and oxygen atoms in total. The minimum Gasteiger partial charge on any atom is -0.378 e. The Kier molecular flexibility index (Phi) is 6.82. The number of hydrogen-bond donors (Lipinski definition) is 1. The van der Waals surface area contributed by atoms with Gasteiger partial charge in [0, 0.05) is 45.0 Å². The van der Waals surface area contributed by atoms with E-state index in [1.54, 1.807) is 0 Å². The van der Waals surface area contributed by atoms with Crippen LogP contribution in [0.3, 0.4) is 0 Å². The van der Waals surface area contributed by atoms with E-state index < -0.39 is 0 Å². The number of ether oxygens (including phenoxy) is 1. The molecule has 148 valence electrons. The molecule has 1 aromatic carbocycles. The number of rotatable bonds is 5. The fraction of sp³-hybridized carbons (Fsp3) is 0.600. The Balaban J connectivity index is 1.40. The molecule has 27 heavy (non-hydrogen) atoms. The Morgan fingerprint density at radius 2 is 1.59 bits per heavy atom. The maximum Gasteiger partial charge on any atom is 0.238 e. The second-order valence-corrected chi connectivity index (χ2v) is 7.34. The van der Waals surface area contributed by atoms with Gasteiger partial charge in [0.25, 0.3) is 0 Å². The Morgan fingerprint density at radius 1 is 0.963 bits per heavy atom. The fourth-order valence-corrected chi connectivity index (χ4v) is 3.49. The number of anilines is 1. The van der Waals surface area contributed by atoms with Gasteiger partial charge < -0.3 is 15.0 Å². The number of hydrogen-bond acceptors (Lipinski definition) is 5. The predicted octanol–water partition coefficient (Wildman–Crippen LogP) is 0.718. The molecule has 3 rings (SSSR count). The zero-order chi connectivity index (χ0) is 19.2. The van der Waals surface area contributed by atoms with Crippen LogP contribution in [0.15, 0.2) is 18.2 Å². The quantitative estimate of drug-likeness (QED) is 0.823. The van der Waals surface area contributed by atoms with Gasteiger partial charge >= 0.3 is 0 Å². The highest BCUT2D eigenvalue weighted by Crippen LogP contribution is 2.18. The number of carbonyl (C=O) groups excluding carboxylic acids is 2. The molecule has 0 saturated carbocycles. The molecular weight excluding hydrogens is 344 g/mol. The normalized spacial score (nSPS) is 19.1. The van der Waals surface area contributed by atoms with Crippen molar-refractivity contribution < 1.29 is 14.3 Å². The third kappa shape index (κ3) is 5.51. The molecule has 0 unspecified atom stereocenters.